The molecule has 0 fully saturated rings. The Morgan fingerprint density at radius 1 is 1.23 bits per heavy atom. The zero-order chi connectivity index (χ0) is 10.1. The summed E-state index contributed by atoms with van der Waals surface area (Å²) in [6.07, 6.45) is 12.7. The van der Waals surface area contributed by atoms with Gasteiger partial charge in [0, 0.05) is 6.21 Å². The first-order chi connectivity index (χ1) is 6.20. The van der Waals surface area contributed by atoms with Gasteiger partial charge in [-0.2, -0.15) is 0 Å². The highest BCUT2D eigenvalue weighted by Crippen LogP contribution is 2.01. The van der Waals surface area contributed by atoms with E-state index < -0.39 is 0 Å². The SMILES string of the molecule is C=C\C=C/C=C/C(C=N)=C/C(C)C. The van der Waals surface area contributed by atoms with Crippen LogP contribution in [0, 0.1) is 11.3 Å². The molecule has 0 aliphatic heterocycles. The average Bonchev–Trinajstić information content (AvgIpc) is 2.09. The highest BCUT2D eigenvalue weighted by atomic mass is 14.3. The number of hydrogen-bond acceptors (Lipinski definition) is 1. The molecular weight excluding hydrogens is 158 g/mol. The van der Waals surface area contributed by atoms with Crippen LogP contribution in [0.1, 0.15) is 13.8 Å². The Kier molecular flexibility index (Phi) is 6.52. The third-order valence-corrected chi connectivity index (χ3v) is 1.34. The molecule has 0 saturated carbocycles. The Balaban J connectivity index is 4.28. The Labute approximate surface area is 80.7 Å². The Morgan fingerprint density at radius 2 is 1.92 bits per heavy atom. The van der Waals surface area contributed by atoms with E-state index in [0.717, 1.165) is 5.57 Å². The van der Waals surface area contributed by atoms with Gasteiger partial charge in [0.1, 0.15) is 0 Å². The maximum absolute atomic E-state index is 7.14. The van der Waals surface area contributed by atoms with E-state index in [1.165, 1.54) is 6.21 Å². The fourth-order valence-electron chi connectivity index (χ4n) is 0.846. The van der Waals surface area contributed by atoms with Gasteiger partial charge in [0.05, 0.1) is 0 Å². The zero-order valence-electron chi connectivity index (χ0n) is 8.33. The smallest absolute Gasteiger partial charge is 0.0247 e. The van der Waals surface area contributed by atoms with Crippen LogP contribution in [0.3, 0.4) is 0 Å². The van der Waals surface area contributed by atoms with Crippen molar-refractivity contribution < 1.29 is 0 Å². The van der Waals surface area contributed by atoms with Crippen molar-refractivity contribution in [2.75, 3.05) is 0 Å². The standard InChI is InChI=1S/C12H17N/c1-4-5-6-7-8-12(10-13)9-11(2)3/h4-11,13H,1H2,2-3H3/b6-5-,8-7+,12-9-,13-10?. The number of hydrogen-bond donors (Lipinski definition) is 1. The van der Waals surface area contributed by atoms with Gasteiger partial charge in [0.15, 0.2) is 0 Å². The van der Waals surface area contributed by atoms with Gasteiger partial charge in [0.2, 0.25) is 0 Å². The predicted octanol–water partition coefficient (Wildman–Crippen LogP) is 3.52. The summed E-state index contributed by atoms with van der Waals surface area (Å²) in [5.41, 5.74) is 0.934. The van der Waals surface area contributed by atoms with Gasteiger partial charge in [-0.15, -0.1) is 0 Å². The van der Waals surface area contributed by atoms with Crippen LogP contribution in [0.2, 0.25) is 0 Å². The summed E-state index contributed by atoms with van der Waals surface area (Å²) >= 11 is 0. The van der Waals surface area contributed by atoms with E-state index in [-0.39, 0.29) is 0 Å². The van der Waals surface area contributed by atoms with Crippen molar-refractivity contribution in [1.29, 1.82) is 5.41 Å². The lowest BCUT2D eigenvalue weighted by molar-refractivity contribution is 0.829. The fourth-order valence-corrected chi connectivity index (χ4v) is 0.846. The van der Waals surface area contributed by atoms with E-state index in [9.17, 15) is 0 Å². The Morgan fingerprint density at radius 3 is 2.38 bits per heavy atom. The first-order valence-corrected chi connectivity index (χ1v) is 4.38. The molecule has 0 aromatic rings. The molecule has 70 valence electrons. The molecule has 0 rings (SSSR count). The van der Waals surface area contributed by atoms with Gasteiger partial charge in [0.25, 0.3) is 0 Å². The largest absolute Gasteiger partial charge is 0.308 e. The van der Waals surface area contributed by atoms with Crippen molar-refractivity contribution in [2.45, 2.75) is 13.8 Å². The second kappa shape index (κ2) is 7.29. The summed E-state index contributed by atoms with van der Waals surface area (Å²) in [5.74, 6) is 0.477. The van der Waals surface area contributed by atoms with Crippen LogP contribution in [-0.2, 0) is 0 Å². The molecule has 1 heteroatoms. The average molecular weight is 175 g/mol. The topological polar surface area (TPSA) is 23.9 Å². The van der Waals surface area contributed by atoms with Crippen molar-refractivity contribution in [2.24, 2.45) is 5.92 Å². The van der Waals surface area contributed by atoms with E-state index in [2.05, 4.69) is 20.4 Å². The van der Waals surface area contributed by atoms with Gasteiger partial charge in [-0.05, 0) is 11.5 Å². The molecule has 0 saturated heterocycles. The van der Waals surface area contributed by atoms with E-state index in [0.29, 0.717) is 5.92 Å². The molecule has 0 aromatic carbocycles. The number of nitrogens with one attached hydrogen (secondary N) is 1. The highest BCUT2D eigenvalue weighted by molar-refractivity contribution is 5.79. The molecule has 0 bridgehead atoms. The van der Waals surface area contributed by atoms with Gasteiger partial charge >= 0.3 is 0 Å². The van der Waals surface area contributed by atoms with E-state index in [1.54, 1.807) is 6.08 Å². The lowest BCUT2D eigenvalue weighted by Gasteiger charge is -1.95. The van der Waals surface area contributed by atoms with E-state index in [1.807, 2.05) is 30.4 Å². The van der Waals surface area contributed by atoms with Crippen molar-refractivity contribution >= 4 is 6.21 Å². The first kappa shape index (κ1) is 11.6. The van der Waals surface area contributed by atoms with E-state index >= 15 is 0 Å². The van der Waals surface area contributed by atoms with Crippen molar-refractivity contribution in [3.63, 3.8) is 0 Å². The number of allylic oxidation sites excluding steroid dienone is 7. The van der Waals surface area contributed by atoms with Gasteiger partial charge < -0.3 is 5.41 Å². The minimum atomic E-state index is 0.477. The summed E-state index contributed by atoms with van der Waals surface area (Å²) in [7, 11) is 0. The Bertz CT molecular complexity index is 242. The summed E-state index contributed by atoms with van der Waals surface area (Å²) in [4.78, 5) is 0. The van der Waals surface area contributed by atoms with Crippen LogP contribution in [0.25, 0.3) is 0 Å². The van der Waals surface area contributed by atoms with Crippen LogP contribution in [-0.4, -0.2) is 6.21 Å². The highest BCUT2D eigenvalue weighted by Gasteiger charge is 1.88. The molecule has 0 atom stereocenters. The summed E-state index contributed by atoms with van der Waals surface area (Å²) in [6.45, 7) is 7.75. The maximum Gasteiger partial charge on any atom is 0.0247 e. The second-order valence-corrected chi connectivity index (χ2v) is 3.03. The molecule has 0 amide bonds. The minimum absolute atomic E-state index is 0.477. The van der Waals surface area contributed by atoms with E-state index in [4.69, 9.17) is 5.41 Å². The molecule has 13 heavy (non-hydrogen) atoms. The fraction of sp³-hybridized carbons (Fsp3) is 0.250. The monoisotopic (exact) mass is 175 g/mol. The number of rotatable bonds is 5. The molecule has 0 aromatic heterocycles. The molecule has 0 radical (unpaired) electrons. The normalized spacial score (nSPS) is 13.0. The maximum atomic E-state index is 7.14. The van der Waals surface area contributed by atoms with Crippen LogP contribution < -0.4 is 0 Å². The minimum Gasteiger partial charge on any atom is -0.308 e. The molecule has 1 N–H and O–H groups in total. The summed E-state index contributed by atoms with van der Waals surface area (Å²) in [5, 5.41) is 7.14. The summed E-state index contributed by atoms with van der Waals surface area (Å²) < 4.78 is 0. The van der Waals surface area contributed by atoms with Crippen LogP contribution in [0.4, 0.5) is 0 Å². The quantitative estimate of drug-likeness (QED) is 0.488. The zero-order valence-corrected chi connectivity index (χ0v) is 8.33. The lowest BCUT2D eigenvalue weighted by atomic mass is 10.1. The molecule has 0 heterocycles. The van der Waals surface area contributed by atoms with Gasteiger partial charge in [-0.25, -0.2) is 0 Å². The van der Waals surface area contributed by atoms with Crippen molar-refractivity contribution in [3.8, 4) is 0 Å². The summed E-state index contributed by atoms with van der Waals surface area (Å²) in [6, 6.07) is 0. The third kappa shape index (κ3) is 7.01. The molecule has 1 nitrogen and oxygen atoms in total. The van der Waals surface area contributed by atoms with Crippen LogP contribution in [0.5, 0.6) is 0 Å². The van der Waals surface area contributed by atoms with Crippen LogP contribution >= 0.6 is 0 Å². The van der Waals surface area contributed by atoms with Crippen LogP contribution in [0.15, 0.2) is 48.6 Å². The van der Waals surface area contributed by atoms with Crippen molar-refractivity contribution in [1.82, 2.24) is 0 Å². The molecule has 0 aliphatic carbocycles. The van der Waals surface area contributed by atoms with Gasteiger partial charge in [-0.3, -0.25) is 0 Å². The molecular formula is C12H17N. The third-order valence-electron chi connectivity index (χ3n) is 1.34. The Hall–Kier alpha value is -1.37. The van der Waals surface area contributed by atoms with Crippen molar-refractivity contribution in [3.05, 3.63) is 48.6 Å². The molecule has 0 aliphatic rings. The first-order valence-electron chi connectivity index (χ1n) is 4.38. The predicted molar refractivity (Wildman–Crippen MR) is 60.2 cm³/mol. The van der Waals surface area contributed by atoms with Gasteiger partial charge in [-0.1, -0.05) is 56.9 Å². The molecule has 0 spiro atoms. The second-order valence-electron chi connectivity index (χ2n) is 3.03. The lowest BCUT2D eigenvalue weighted by Crippen LogP contribution is -1.84. The molecule has 0 unspecified atom stereocenters.